The van der Waals surface area contributed by atoms with Crippen LogP contribution >= 0.6 is 0 Å². The molecule has 0 radical (unpaired) electrons. The van der Waals surface area contributed by atoms with Crippen molar-refractivity contribution in [2.24, 2.45) is 0 Å². The number of hydrogen-bond acceptors (Lipinski definition) is 9. The first-order chi connectivity index (χ1) is 23.0. The van der Waals surface area contributed by atoms with Crippen molar-refractivity contribution in [3.8, 4) is 11.5 Å². The van der Waals surface area contributed by atoms with Crippen molar-refractivity contribution in [1.82, 2.24) is 19.9 Å². The minimum absolute atomic E-state index is 0.0295. The molecule has 11 nitrogen and oxygen atoms in total. The summed E-state index contributed by atoms with van der Waals surface area (Å²) < 4.78 is 23.7. The van der Waals surface area contributed by atoms with Crippen molar-refractivity contribution in [2.75, 3.05) is 59.1 Å². The highest BCUT2D eigenvalue weighted by molar-refractivity contribution is 6.05. The first-order valence-electron chi connectivity index (χ1n) is 15.7. The van der Waals surface area contributed by atoms with Gasteiger partial charge in [-0.15, -0.1) is 0 Å². The monoisotopic (exact) mass is 637 g/mol. The van der Waals surface area contributed by atoms with Crippen molar-refractivity contribution < 1.29 is 23.7 Å². The van der Waals surface area contributed by atoms with Crippen molar-refractivity contribution in [2.45, 2.75) is 25.5 Å². The van der Waals surface area contributed by atoms with Crippen molar-refractivity contribution in [1.29, 1.82) is 0 Å². The molecule has 2 aromatic heterocycles. The highest BCUT2D eigenvalue weighted by atomic mass is 16.5. The van der Waals surface area contributed by atoms with Gasteiger partial charge in [0.25, 0.3) is 11.5 Å². The Morgan fingerprint density at radius 2 is 1.85 bits per heavy atom. The Bertz CT molecular complexity index is 1940. The molecule has 1 atom stereocenters. The molecule has 1 saturated heterocycles. The van der Waals surface area contributed by atoms with E-state index in [0.29, 0.717) is 78.5 Å². The van der Waals surface area contributed by atoms with E-state index in [9.17, 15) is 9.59 Å². The summed E-state index contributed by atoms with van der Waals surface area (Å²) in [5.41, 5.74) is 3.60. The largest absolute Gasteiger partial charge is 0.493 e. The number of anilines is 1. The second-order valence-electron chi connectivity index (χ2n) is 11.4. The normalized spacial score (nSPS) is 14.8. The number of hydrogen-bond donors (Lipinski definition) is 1. The average Bonchev–Trinajstić information content (AvgIpc) is 3.11. The van der Waals surface area contributed by atoms with Crippen LogP contribution in [0, 0.1) is 0 Å². The van der Waals surface area contributed by atoms with Gasteiger partial charge in [-0.1, -0.05) is 24.3 Å². The van der Waals surface area contributed by atoms with E-state index in [1.54, 1.807) is 38.2 Å². The third-order valence-corrected chi connectivity index (χ3v) is 8.46. The first-order valence-corrected chi connectivity index (χ1v) is 15.7. The van der Waals surface area contributed by atoms with Gasteiger partial charge in [0.15, 0.2) is 11.5 Å². The van der Waals surface area contributed by atoms with E-state index in [-0.39, 0.29) is 24.1 Å². The van der Waals surface area contributed by atoms with Gasteiger partial charge in [0.2, 0.25) is 0 Å². The molecule has 1 amide bonds. The number of ether oxygens (including phenoxy) is 4. The number of nitrogens with one attached hydrogen (secondary N) is 1. The van der Waals surface area contributed by atoms with Gasteiger partial charge in [-0.25, -0.2) is 4.98 Å². The molecule has 0 saturated carbocycles. The molecule has 3 aromatic carbocycles. The smallest absolute Gasteiger partial charge is 0.261 e. The number of pyridine rings is 1. The number of methoxy groups -OCH3 is 3. The number of nitrogens with zero attached hydrogens (tertiary/aromatic N) is 4. The summed E-state index contributed by atoms with van der Waals surface area (Å²) >= 11 is 0. The molecule has 3 heterocycles. The maximum Gasteiger partial charge on any atom is 0.261 e. The maximum absolute atomic E-state index is 14.0. The molecule has 0 aliphatic carbocycles. The molecule has 1 aliphatic heterocycles. The minimum Gasteiger partial charge on any atom is -0.493 e. The fraction of sp³-hybridized carbons (Fsp3) is 0.333. The van der Waals surface area contributed by atoms with E-state index in [1.807, 2.05) is 60.7 Å². The summed E-state index contributed by atoms with van der Waals surface area (Å²) in [6.07, 6.45) is 2.58. The zero-order valence-electron chi connectivity index (χ0n) is 26.9. The van der Waals surface area contributed by atoms with Crippen molar-refractivity contribution in [3.05, 3.63) is 100 Å². The summed E-state index contributed by atoms with van der Waals surface area (Å²) in [6, 6.07) is 20.8. The number of aryl methyl sites for hydroxylation is 1. The van der Waals surface area contributed by atoms with Gasteiger partial charge in [0, 0.05) is 57.0 Å². The lowest BCUT2D eigenvalue weighted by Crippen LogP contribution is -2.44. The van der Waals surface area contributed by atoms with E-state index in [0.717, 1.165) is 23.2 Å². The van der Waals surface area contributed by atoms with Crippen LogP contribution in [0.1, 0.15) is 21.7 Å². The zero-order chi connectivity index (χ0) is 32.8. The predicted octanol–water partition coefficient (Wildman–Crippen LogP) is 4.03. The fourth-order valence-electron chi connectivity index (χ4n) is 6.06. The van der Waals surface area contributed by atoms with Crippen LogP contribution in [0.25, 0.3) is 21.8 Å². The summed E-state index contributed by atoms with van der Waals surface area (Å²) in [7, 11) is 4.87. The van der Waals surface area contributed by atoms with E-state index in [4.69, 9.17) is 23.9 Å². The van der Waals surface area contributed by atoms with Gasteiger partial charge < -0.3 is 29.2 Å². The molecule has 1 N–H and O–H groups in total. The predicted molar refractivity (Wildman–Crippen MR) is 181 cm³/mol. The molecule has 244 valence electrons. The number of para-hydroxylation sites is 1. The van der Waals surface area contributed by atoms with Crippen LogP contribution in [0.15, 0.2) is 77.7 Å². The van der Waals surface area contributed by atoms with Crippen LogP contribution in [-0.4, -0.2) is 80.7 Å². The van der Waals surface area contributed by atoms with E-state index >= 15 is 0 Å². The Labute approximate surface area is 273 Å². The van der Waals surface area contributed by atoms with Crippen LogP contribution in [0.3, 0.4) is 0 Å². The third kappa shape index (κ3) is 7.06. The highest BCUT2D eigenvalue weighted by Gasteiger charge is 2.22. The average molecular weight is 638 g/mol. The van der Waals surface area contributed by atoms with Crippen LogP contribution in [0.5, 0.6) is 11.5 Å². The van der Waals surface area contributed by atoms with Crippen LogP contribution in [0.4, 0.5) is 5.69 Å². The van der Waals surface area contributed by atoms with Gasteiger partial charge in [-0.3, -0.25) is 19.1 Å². The van der Waals surface area contributed by atoms with Crippen molar-refractivity contribution in [3.63, 3.8) is 0 Å². The Kier molecular flexibility index (Phi) is 9.94. The zero-order valence-corrected chi connectivity index (χ0v) is 26.9. The standard InChI is InChI=1S/C36H39N5O6/c1-44-23-27-22-40(18-19-47-27)26-10-11-28-30(21-26)39-33(13-16-38-35(42)29-8-4-6-25-7-5-15-37-34(25)29)41(36(28)43)17-14-24-9-12-31(45-2)32(20-24)46-3/h4-12,15,20-21,27H,13-14,16-19,22-23H2,1-3H3,(H,38,42)/t27-/m1/s1. The fourth-order valence-corrected chi connectivity index (χ4v) is 6.06. The number of carbonyl (C=O) groups excluding carboxylic acids is 1. The van der Waals surface area contributed by atoms with Crippen LogP contribution in [0.2, 0.25) is 0 Å². The second kappa shape index (κ2) is 14.6. The number of fused-ring (bicyclic) bond motifs is 2. The van der Waals surface area contributed by atoms with Gasteiger partial charge in [0.05, 0.1) is 55.5 Å². The SMILES string of the molecule is COC[C@H]1CN(c2ccc3c(=O)n(CCc4ccc(OC)c(OC)c4)c(CCNC(=O)c4cccc5cccnc45)nc3c2)CCO1. The maximum atomic E-state index is 14.0. The molecule has 6 rings (SSSR count). The van der Waals surface area contributed by atoms with Crippen LogP contribution in [-0.2, 0) is 28.9 Å². The van der Waals surface area contributed by atoms with Gasteiger partial charge in [0.1, 0.15) is 5.82 Å². The number of amides is 1. The molecule has 0 unspecified atom stereocenters. The van der Waals surface area contributed by atoms with E-state index < -0.39 is 0 Å². The molecular formula is C36H39N5O6. The molecule has 11 heteroatoms. The molecular weight excluding hydrogens is 598 g/mol. The third-order valence-electron chi connectivity index (χ3n) is 8.46. The molecule has 5 aromatic rings. The summed E-state index contributed by atoms with van der Waals surface area (Å²) in [6.45, 7) is 3.21. The Morgan fingerprint density at radius 3 is 2.68 bits per heavy atom. The number of morpholine rings is 1. The quantitative estimate of drug-likeness (QED) is 0.216. The summed E-state index contributed by atoms with van der Waals surface area (Å²) in [5, 5.41) is 4.45. The van der Waals surface area contributed by atoms with Gasteiger partial charge in [-0.2, -0.15) is 0 Å². The molecule has 1 fully saturated rings. The van der Waals surface area contributed by atoms with E-state index in [2.05, 4.69) is 15.2 Å². The van der Waals surface area contributed by atoms with Gasteiger partial charge >= 0.3 is 0 Å². The summed E-state index contributed by atoms with van der Waals surface area (Å²) in [4.78, 5) is 38.9. The molecule has 0 bridgehead atoms. The Hall–Kier alpha value is -5.00. The Balaban J connectivity index is 1.28. The van der Waals surface area contributed by atoms with Crippen molar-refractivity contribution >= 4 is 33.4 Å². The Morgan fingerprint density at radius 1 is 1.00 bits per heavy atom. The number of aromatic nitrogens is 3. The second-order valence-corrected chi connectivity index (χ2v) is 11.4. The topological polar surface area (TPSA) is 117 Å². The lowest BCUT2D eigenvalue weighted by atomic mass is 10.1. The number of rotatable bonds is 12. The minimum atomic E-state index is -0.227. The number of carbonyl (C=O) groups is 1. The first kappa shape index (κ1) is 32.0. The van der Waals surface area contributed by atoms with Gasteiger partial charge in [-0.05, 0) is 54.4 Å². The van der Waals surface area contributed by atoms with Crippen LogP contribution < -0.4 is 25.2 Å². The lowest BCUT2D eigenvalue weighted by Gasteiger charge is -2.34. The number of benzene rings is 3. The molecule has 0 spiro atoms. The highest BCUT2D eigenvalue weighted by Crippen LogP contribution is 2.28. The van der Waals surface area contributed by atoms with E-state index in [1.165, 1.54) is 0 Å². The lowest BCUT2D eigenvalue weighted by molar-refractivity contribution is -0.0100. The molecule has 47 heavy (non-hydrogen) atoms. The molecule has 1 aliphatic rings. The summed E-state index contributed by atoms with van der Waals surface area (Å²) in [5.74, 6) is 1.64.